The maximum absolute atomic E-state index is 10.4. The molecule has 0 aliphatic rings. The van der Waals surface area contributed by atoms with Crippen LogP contribution in [0.3, 0.4) is 0 Å². The number of nitro benzene ring substituents is 1. The summed E-state index contributed by atoms with van der Waals surface area (Å²) in [5, 5.41) is 12.0. The maximum atomic E-state index is 10.4. The van der Waals surface area contributed by atoms with Gasteiger partial charge < -0.3 is 0 Å². The molecule has 6 nitrogen and oxygen atoms in total. The Hall–Kier alpha value is -1.98. The fourth-order valence-corrected chi connectivity index (χ4v) is 0.799. The number of nitrogens with zero attached hydrogens (tertiary/aromatic N) is 2. The van der Waals surface area contributed by atoms with Crippen LogP contribution in [-0.2, 0) is 0 Å². The second-order valence-corrected chi connectivity index (χ2v) is 2.01. The van der Waals surface area contributed by atoms with Crippen molar-refractivity contribution in [3.8, 4) is 0 Å². The highest BCUT2D eigenvalue weighted by Gasteiger charge is 2.08. The highest BCUT2D eigenvalue weighted by molar-refractivity contribution is 5.59. The van der Waals surface area contributed by atoms with Gasteiger partial charge in [-0.1, -0.05) is 12.1 Å². The van der Waals surface area contributed by atoms with Crippen LogP contribution in [0.5, 0.6) is 0 Å². The van der Waals surface area contributed by atoms with Gasteiger partial charge in [0.15, 0.2) is 0 Å². The van der Waals surface area contributed by atoms with Crippen LogP contribution in [0.25, 0.3) is 5.53 Å². The second-order valence-electron chi connectivity index (χ2n) is 2.01. The number of anilines is 1. The Morgan fingerprint density at radius 3 is 2.75 bits per heavy atom. The Bertz CT molecular complexity index is 312. The largest absolute Gasteiger partial charge is 0.277 e. The molecule has 0 amide bonds. The molecule has 0 radical (unpaired) electrons. The highest BCUT2D eigenvalue weighted by Crippen LogP contribution is 2.21. The minimum Gasteiger partial charge on any atom is -0.259 e. The number of hydrazine groups is 1. The molecular weight excluding hydrogens is 160 g/mol. The molecule has 1 aromatic rings. The molecule has 0 fully saturated rings. The smallest absolute Gasteiger partial charge is 0.259 e. The number of rotatable bonds is 3. The first-order chi connectivity index (χ1) is 5.75. The predicted molar refractivity (Wildman–Crippen MR) is 41.0 cm³/mol. The lowest BCUT2D eigenvalue weighted by Crippen LogP contribution is -2.68. The lowest BCUT2D eigenvalue weighted by atomic mass is 10.3. The SMILES string of the molecule is [N-]=[NH+]Nc1ccccc1[N+](=O)[O-]. The first kappa shape index (κ1) is 8.12. The van der Waals surface area contributed by atoms with Crippen LogP contribution >= 0.6 is 0 Å². The standard InChI is InChI=1S/C6H6N4O2/c7-9-8-5-3-1-2-4-6(5)10(11)12/h1-4,9H,(H-,7,8). The Balaban J connectivity index is 3.07. The van der Waals surface area contributed by atoms with Crippen LogP contribution in [0.4, 0.5) is 11.4 Å². The van der Waals surface area contributed by atoms with Gasteiger partial charge in [-0.3, -0.25) is 15.5 Å². The van der Waals surface area contributed by atoms with Crippen molar-refractivity contribution in [2.45, 2.75) is 0 Å². The van der Waals surface area contributed by atoms with Gasteiger partial charge in [-0.05, 0) is 6.07 Å². The Morgan fingerprint density at radius 2 is 2.17 bits per heavy atom. The summed E-state index contributed by atoms with van der Waals surface area (Å²) >= 11 is 0. The molecule has 1 aromatic carbocycles. The predicted octanol–water partition coefficient (Wildman–Crippen LogP) is 0.0239. The van der Waals surface area contributed by atoms with Crippen LogP contribution in [0.15, 0.2) is 24.3 Å². The monoisotopic (exact) mass is 166 g/mol. The molecular formula is C6H6N4O2. The molecule has 0 saturated heterocycles. The van der Waals surface area contributed by atoms with Gasteiger partial charge in [0.2, 0.25) is 0 Å². The van der Waals surface area contributed by atoms with E-state index in [9.17, 15) is 10.1 Å². The molecule has 0 bridgehead atoms. The molecule has 2 N–H and O–H groups in total. The van der Waals surface area contributed by atoms with E-state index in [1.807, 2.05) is 0 Å². The summed E-state index contributed by atoms with van der Waals surface area (Å²) in [5.74, 6) is 0. The van der Waals surface area contributed by atoms with Crippen LogP contribution in [0, 0.1) is 10.1 Å². The Kier molecular flexibility index (Phi) is 2.32. The van der Waals surface area contributed by atoms with Crippen molar-refractivity contribution >= 4 is 11.4 Å². The number of nitrogens with one attached hydrogen (secondary N) is 2. The Labute approximate surface area is 67.8 Å². The van der Waals surface area contributed by atoms with Crippen LogP contribution < -0.4 is 10.6 Å². The van der Waals surface area contributed by atoms with Crippen LogP contribution in [0.2, 0.25) is 0 Å². The average molecular weight is 166 g/mol. The first-order valence-electron chi connectivity index (χ1n) is 3.14. The van der Waals surface area contributed by atoms with Crippen molar-refractivity contribution < 1.29 is 10.1 Å². The van der Waals surface area contributed by atoms with Crippen molar-refractivity contribution in [1.82, 2.24) is 0 Å². The number of hydrogen-bond acceptors (Lipinski definition) is 2. The first-order valence-corrected chi connectivity index (χ1v) is 3.14. The third-order valence-corrected chi connectivity index (χ3v) is 1.29. The molecule has 0 saturated carbocycles. The summed E-state index contributed by atoms with van der Waals surface area (Å²) in [4.78, 5) is 9.81. The van der Waals surface area contributed by atoms with Gasteiger partial charge >= 0.3 is 0 Å². The minimum atomic E-state index is -0.542. The molecule has 0 aliphatic heterocycles. The number of para-hydroxylation sites is 2. The lowest BCUT2D eigenvalue weighted by molar-refractivity contribution is -0.446. The van der Waals surface area contributed by atoms with E-state index in [1.165, 1.54) is 12.1 Å². The molecule has 62 valence electrons. The van der Waals surface area contributed by atoms with Gasteiger partial charge in [-0.25, -0.2) is 0 Å². The van der Waals surface area contributed by atoms with E-state index in [-0.39, 0.29) is 11.4 Å². The normalized spacial score (nSPS) is 9.00. The van der Waals surface area contributed by atoms with E-state index in [0.29, 0.717) is 0 Å². The van der Waals surface area contributed by atoms with E-state index >= 15 is 0 Å². The van der Waals surface area contributed by atoms with Crippen molar-refractivity contribution in [2.75, 3.05) is 5.43 Å². The molecule has 0 unspecified atom stereocenters. The van der Waals surface area contributed by atoms with Gasteiger partial charge in [0, 0.05) is 6.07 Å². The fourth-order valence-electron chi connectivity index (χ4n) is 0.799. The van der Waals surface area contributed by atoms with Gasteiger partial charge in [0.1, 0.15) is 0 Å². The average Bonchev–Trinajstić information content (AvgIpc) is 2.05. The summed E-state index contributed by atoms with van der Waals surface area (Å²) in [6, 6.07) is 5.97. The van der Waals surface area contributed by atoms with Gasteiger partial charge in [0.25, 0.3) is 5.69 Å². The highest BCUT2D eigenvalue weighted by atomic mass is 16.6. The maximum Gasteiger partial charge on any atom is 0.277 e. The van der Waals surface area contributed by atoms with Crippen LogP contribution in [0.1, 0.15) is 0 Å². The molecule has 0 spiro atoms. The van der Waals surface area contributed by atoms with Gasteiger partial charge in [-0.2, -0.15) is 10.8 Å². The summed E-state index contributed by atoms with van der Waals surface area (Å²) in [7, 11) is 0. The van der Waals surface area contributed by atoms with Crippen molar-refractivity contribution in [3.63, 3.8) is 0 Å². The summed E-state index contributed by atoms with van der Waals surface area (Å²) in [5.41, 5.74) is 10.6. The van der Waals surface area contributed by atoms with Gasteiger partial charge in [0.05, 0.1) is 10.6 Å². The van der Waals surface area contributed by atoms with Crippen molar-refractivity contribution in [1.29, 1.82) is 0 Å². The second kappa shape index (κ2) is 3.42. The molecule has 0 aliphatic carbocycles. The Morgan fingerprint density at radius 1 is 1.50 bits per heavy atom. The van der Waals surface area contributed by atoms with Crippen molar-refractivity contribution in [3.05, 3.63) is 39.9 Å². The summed E-state index contributed by atoms with van der Waals surface area (Å²) in [6.07, 6.45) is 0. The third kappa shape index (κ3) is 1.54. The van der Waals surface area contributed by atoms with E-state index < -0.39 is 4.92 Å². The van der Waals surface area contributed by atoms with Gasteiger partial charge in [-0.15, -0.1) is 0 Å². The zero-order valence-electron chi connectivity index (χ0n) is 6.02. The molecule has 0 heterocycles. The zero-order chi connectivity index (χ0) is 8.97. The fraction of sp³-hybridized carbons (Fsp3) is 0. The summed E-state index contributed by atoms with van der Waals surface area (Å²) in [6.45, 7) is 0. The summed E-state index contributed by atoms with van der Waals surface area (Å²) < 4.78 is 0. The number of nitro groups is 1. The van der Waals surface area contributed by atoms with E-state index in [4.69, 9.17) is 5.53 Å². The quantitative estimate of drug-likeness (QED) is 0.376. The van der Waals surface area contributed by atoms with Crippen LogP contribution in [-0.4, -0.2) is 4.92 Å². The molecule has 0 aromatic heterocycles. The van der Waals surface area contributed by atoms with Crippen molar-refractivity contribution in [2.24, 2.45) is 0 Å². The molecule has 6 heteroatoms. The third-order valence-electron chi connectivity index (χ3n) is 1.29. The number of hydrogen-bond donors (Lipinski definition) is 2. The topological polar surface area (TPSA) is 91.4 Å². The molecule has 12 heavy (non-hydrogen) atoms. The van der Waals surface area contributed by atoms with E-state index in [1.54, 1.807) is 17.4 Å². The minimum absolute atomic E-state index is 0.0981. The molecule has 1 rings (SSSR count). The number of benzene rings is 1. The zero-order valence-corrected chi connectivity index (χ0v) is 6.02. The lowest BCUT2D eigenvalue weighted by Gasteiger charge is -2.00. The van der Waals surface area contributed by atoms with E-state index in [2.05, 4.69) is 5.43 Å². The molecule has 0 atom stereocenters. The van der Waals surface area contributed by atoms with E-state index in [0.717, 1.165) is 0 Å².